The molecule has 3 nitrogen and oxygen atoms in total. The number of nitrogens with one attached hydrogen (secondary N) is 1. The molecule has 1 heterocycles. The first kappa shape index (κ1) is 11.4. The molecule has 2 rings (SSSR count). The summed E-state index contributed by atoms with van der Waals surface area (Å²) in [6, 6.07) is 0.723. The van der Waals surface area contributed by atoms with Crippen molar-refractivity contribution < 1.29 is 9.84 Å². The monoisotopic (exact) mass is 213 g/mol. The smallest absolute Gasteiger partial charge is 0.0536 e. The predicted octanol–water partition coefficient (Wildman–Crippen LogP) is 1.31. The van der Waals surface area contributed by atoms with Crippen molar-refractivity contribution in [3.05, 3.63) is 0 Å². The SMILES string of the molecule is OCCC1(CNC2CCCC2)CCOC1. The van der Waals surface area contributed by atoms with Gasteiger partial charge in [0.15, 0.2) is 0 Å². The van der Waals surface area contributed by atoms with E-state index < -0.39 is 0 Å². The van der Waals surface area contributed by atoms with Crippen molar-refractivity contribution in [3.8, 4) is 0 Å². The van der Waals surface area contributed by atoms with Crippen molar-refractivity contribution in [3.63, 3.8) is 0 Å². The summed E-state index contributed by atoms with van der Waals surface area (Å²) in [5.74, 6) is 0. The summed E-state index contributed by atoms with van der Waals surface area (Å²) in [4.78, 5) is 0. The first-order chi connectivity index (χ1) is 7.35. The molecule has 88 valence electrons. The molecule has 1 unspecified atom stereocenters. The van der Waals surface area contributed by atoms with Gasteiger partial charge in [0.1, 0.15) is 0 Å². The fraction of sp³-hybridized carbons (Fsp3) is 1.00. The Hall–Kier alpha value is -0.120. The third-order valence-electron chi connectivity index (χ3n) is 3.95. The molecule has 1 aliphatic heterocycles. The molecule has 1 saturated heterocycles. The minimum atomic E-state index is 0.220. The Morgan fingerprint density at radius 1 is 1.33 bits per heavy atom. The predicted molar refractivity (Wildman–Crippen MR) is 59.8 cm³/mol. The van der Waals surface area contributed by atoms with Gasteiger partial charge in [-0.2, -0.15) is 0 Å². The van der Waals surface area contributed by atoms with Gasteiger partial charge in [-0.3, -0.25) is 0 Å². The van der Waals surface area contributed by atoms with Crippen LogP contribution in [0.15, 0.2) is 0 Å². The van der Waals surface area contributed by atoms with Crippen molar-refractivity contribution in [1.29, 1.82) is 0 Å². The second kappa shape index (κ2) is 5.28. The molecule has 0 amide bonds. The van der Waals surface area contributed by atoms with E-state index in [0.717, 1.165) is 38.6 Å². The van der Waals surface area contributed by atoms with E-state index in [1.807, 2.05) is 0 Å². The number of aliphatic hydroxyl groups is 1. The zero-order valence-corrected chi connectivity index (χ0v) is 9.50. The molecule has 0 aromatic rings. The lowest BCUT2D eigenvalue weighted by Gasteiger charge is -2.28. The normalized spacial score (nSPS) is 32.6. The maximum Gasteiger partial charge on any atom is 0.0536 e. The van der Waals surface area contributed by atoms with E-state index in [-0.39, 0.29) is 12.0 Å². The summed E-state index contributed by atoms with van der Waals surface area (Å²) in [5, 5.41) is 12.8. The first-order valence-electron chi connectivity index (χ1n) is 6.27. The Kier molecular flexibility index (Phi) is 4.00. The van der Waals surface area contributed by atoms with Gasteiger partial charge < -0.3 is 15.2 Å². The van der Waals surface area contributed by atoms with Crippen molar-refractivity contribution in [1.82, 2.24) is 5.32 Å². The van der Waals surface area contributed by atoms with Gasteiger partial charge in [0.25, 0.3) is 0 Å². The van der Waals surface area contributed by atoms with Crippen molar-refractivity contribution >= 4 is 0 Å². The lowest BCUT2D eigenvalue weighted by atomic mass is 9.83. The van der Waals surface area contributed by atoms with Gasteiger partial charge in [0.2, 0.25) is 0 Å². The van der Waals surface area contributed by atoms with Crippen molar-refractivity contribution in [2.45, 2.75) is 44.6 Å². The third kappa shape index (κ3) is 2.92. The summed E-state index contributed by atoms with van der Waals surface area (Å²) in [7, 11) is 0. The third-order valence-corrected chi connectivity index (χ3v) is 3.95. The minimum absolute atomic E-state index is 0.220. The highest BCUT2D eigenvalue weighted by Gasteiger charge is 2.34. The maximum atomic E-state index is 9.10. The van der Waals surface area contributed by atoms with Crippen LogP contribution in [0.3, 0.4) is 0 Å². The van der Waals surface area contributed by atoms with Crippen LogP contribution in [0.1, 0.15) is 38.5 Å². The summed E-state index contributed by atoms with van der Waals surface area (Å²) < 4.78 is 5.48. The number of rotatable bonds is 5. The van der Waals surface area contributed by atoms with Gasteiger partial charge in [0.05, 0.1) is 6.61 Å². The van der Waals surface area contributed by atoms with Crippen LogP contribution in [0.25, 0.3) is 0 Å². The molecule has 3 heteroatoms. The van der Waals surface area contributed by atoms with Crippen molar-refractivity contribution in [2.24, 2.45) is 5.41 Å². The standard InChI is InChI=1S/C12H23NO2/c14-7-5-12(6-8-15-10-12)9-13-11-3-1-2-4-11/h11,13-14H,1-10H2. The van der Waals surface area contributed by atoms with E-state index in [2.05, 4.69) is 5.32 Å². The lowest BCUT2D eigenvalue weighted by molar-refractivity contribution is 0.122. The van der Waals surface area contributed by atoms with Gasteiger partial charge in [-0.25, -0.2) is 0 Å². The highest BCUT2D eigenvalue weighted by atomic mass is 16.5. The quantitative estimate of drug-likeness (QED) is 0.723. The molecule has 2 fully saturated rings. The first-order valence-corrected chi connectivity index (χ1v) is 6.27. The minimum Gasteiger partial charge on any atom is -0.396 e. The second-order valence-corrected chi connectivity index (χ2v) is 5.14. The Morgan fingerprint density at radius 2 is 2.13 bits per heavy atom. The summed E-state index contributed by atoms with van der Waals surface area (Å²) in [6.07, 6.45) is 7.40. The molecule has 0 spiro atoms. The number of aliphatic hydroxyl groups excluding tert-OH is 1. The van der Waals surface area contributed by atoms with Gasteiger partial charge in [-0.15, -0.1) is 0 Å². The van der Waals surface area contributed by atoms with E-state index in [1.54, 1.807) is 0 Å². The van der Waals surface area contributed by atoms with Crippen LogP contribution in [0.2, 0.25) is 0 Å². The molecule has 1 saturated carbocycles. The Morgan fingerprint density at radius 3 is 2.73 bits per heavy atom. The maximum absolute atomic E-state index is 9.10. The fourth-order valence-electron chi connectivity index (χ4n) is 2.80. The van der Waals surface area contributed by atoms with Crippen LogP contribution >= 0.6 is 0 Å². The number of hydrogen-bond donors (Lipinski definition) is 2. The number of hydrogen-bond acceptors (Lipinski definition) is 3. The molecular weight excluding hydrogens is 190 g/mol. The van der Waals surface area contributed by atoms with Crippen LogP contribution in [-0.2, 0) is 4.74 Å². The molecule has 0 aromatic carbocycles. The van der Waals surface area contributed by atoms with Crippen LogP contribution in [0, 0.1) is 5.41 Å². The molecular formula is C12H23NO2. The van der Waals surface area contributed by atoms with Crippen LogP contribution in [-0.4, -0.2) is 37.5 Å². The Balaban J connectivity index is 1.78. The molecule has 2 aliphatic rings. The van der Waals surface area contributed by atoms with E-state index >= 15 is 0 Å². The molecule has 0 radical (unpaired) electrons. The Labute approximate surface area is 92.2 Å². The topological polar surface area (TPSA) is 41.5 Å². The molecule has 2 N–H and O–H groups in total. The second-order valence-electron chi connectivity index (χ2n) is 5.14. The van der Waals surface area contributed by atoms with E-state index in [1.165, 1.54) is 25.7 Å². The molecule has 0 bridgehead atoms. The van der Waals surface area contributed by atoms with E-state index in [4.69, 9.17) is 9.84 Å². The Bertz CT molecular complexity index is 184. The lowest BCUT2D eigenvalue weighted by Crippen LogP contribution is -2.39. The highest BCUT2D eigenvalue weighted by molar-refractivity contribution is 4.87. The van der Waals surface area contributed by atoms with Crippen LogP contribution < -0.4 is 5.32 Å². The van der Waals surface area contributed by atoms with Gasteiger partial charge >= 0.3 is 0 Å². The zero-order valence-electron chi connectivity index (χ0n) is 9.50. The summed E-state index contributed by atoms with van der Waals surface area (Å²) >= 11 is 0. The van der Waals surface area contributed by atoms with Gasteiger partial charge in [-0.05, 0) is 25.7 Å². The molecule has 1 atom stereocenters. The fourth-order valence-corrected chi connectivity index (χ4v) is 2.80. The average molecular weight is 213 g/mol. The number of ether oxygens (including phenoxy) is 1. The summed E-state index contributed by atoms with van der Waals surface area (Å²) in [5.41, 5.74) is 0.220. The van der Waals surface area contributed by atoms with Crippen LogP contribution in [0.5, 0.6) is 0 Å². The highest BCUT2D eigenvalue weighted by Crippen LogP contribution is 2.32. The zero-order chi connectivity index (χ0) is 10.6. The molecule has 0 aromatic heterocycles. The largest absolute Gasteiger partial charge is 0.396 e. The van der Waals surface area contributed by atoms with E-state index in [9.17, 15) is 0 Å². The average Bonchev–Trinajstić information content (AvgIpc) is 2.85. The van der Waals surface area contributed by atoms with Gasteiger partial charge in [0, 0.05) is 31.2 Å². The van der Waals surface area contributed by atoms with Crippen molar-refractivity contribution in [2.75, 3.05) is 26.4 Å². The van der Waals surface area contributed by atoms with E-state index in [0.29, 0.717) is 0 Å². The van der Waals surface area contributed by atoms with Crippen LogP contribution in [0.4, 0.5) is 0 Å². The molecule has 15 heavy (non-hydrogen) atoms. The summed E-state index contributed by atoms with van der Waals surface area (Å²) in [6.45, 7) is 3.01. The molecule has 1 aliphatic carbocycles. The van der Waals surface area contributed by atoms with Gasteiger partial charge in [-0.1, -0.05) is 12.8 Å².